The van der Waals surface area contributed by atoms with Crippen molar-refractivity contribution in [1.29, 1.82) is 0 Å². The molecule has 76 valence electrons. The molecular weight excluding hydrogens is 220 g/mol. The third-order valence-corrected chi connectivity index (χ3v) is 2.13. The van der Waals surface area contributed by atoms with E-state index in [0.29, 0.717) is 11.0 Å². The average molecular weight is 225 g/mol. The maximum absolute atomic E-state index is 11.2. The highest BCUT2D eigenvalue weighted by atomic mass is 35.5. The van der Waals surface area contributed by atoms with E-state index in [4.69, 9.17) is 16.0 Å². The molecule has 0 aliphatic heterocycles. The van der Waals surface area contributed by atoms with Crippen LogP contribution in [-0.2, 0) is 0 Å². The topological polar surface area (TPSA) is 67.5 Å². The van der Waals surface area contributed by atoms with Crippen molar-refractivity contribution in [2.45, 2.75) is 0 Å². The third kappa shape index (κ3) is 1.71. The molecule has 1 heterocycles. The van der Waals surface area contributed by atoms with Gasteiger partial charge in [0.25, 0.3) is 5.24 Å². The zero-order valence-electron chi connectivity index (χ0n) is 7.36. The quantitative estimate of drug-likeness (QED) is 0.593. The van der Waals surface area contributed by atoms with Crippen molar-refractivity contribution in [3.63, 3.8) is 0 Å². The Morgan fingerprint density at radius 3 is 2.73 bits per heavy atom. The van der Waals surface area contributed by atoms with Gasteiger partial charge in [0.1, 0.15) is 16.9 Å². The van der Waals surface area contributed by atoms with Crippen molar-refractivity contribution < 1.29 is 14.3 Å². The Morgan fingerprint density at radius 2 is 2.07 bits per heavy atom. The van der Waals surface area contributed by atoms with Gasteiger partial charge in [-0.15, -0.1) is 0 Å². The van der Waals surface area contributed by atoms with Gasteiger partial charge in [-0.3, -0.25) is 4.79 Å². The fourth-order valence-corrected chi connectivity index (χ4v) is 1.38. The summed E-state index contributed by atoms with van der Waals surface area (Å²) in [5, 5.41) is 8.75. The van der Waals surface area contributed by atoms with Crippen molar-refractivity contribution in [2.24, 2.45) is 0 Å². The smallest absolute Gasteiger partial charge is 0.348 e. The highest BCUT2D eigenvalue weighted by Gasteiger charge is 2.11. The number of phenols is 1. The van der Waals surface area contributed by atoms with Gasteiger partial charge in [0, 0.05) is 5.39 Å². The van der Waals surface area contributed by atoms with E-state index in [2.05, 4.69) is 0 Å². The molecule has 0 radical (unpaired) electrons. The summed E-state index contributed by atoms with van der Waals surface area (Å²) in [4.78, 5) is 22.1. The molecule has 4 nitrogen and oxygen atoms in total. The van der Waals surface area contributed by atoms with Crippen LogP contribution >= 0.6 is 11.6 Å². The molecule has 0 bridgehead atoms. The van der Waals surface area contributed by atoms with Crippen LogP contribution in [0.15, 0.2) is 33.5 Å². The number of aromatic hydroxyl groups is 1. The molecule has 1 aromatic carbocycles. The highest BCUT2D eigenvalue weighted by Crippen LogP contribution is 2.19. The summed E-state index contributed by atoms with van der Waals surface area (Å²) < 4.78 is 4.84. The minimum Gasteiger partial charge on any atom is -0.508 e. The SMILES string of the molecule is O=C(Cl)c1cc2cc(O)ccc2oc1=O. The zero-order valence-corrected chi connectivity index (χ0v) is 8.12. The minimum absolute atomic E-state index is 0.0179. The molecule has 2 rings (SSSR count). The van der Waals surface area contributed by atoms with Crippen LogP contribution in [0.3, 0.4) is 0 Å². The summed E-state index contributed by atoms with van der Waals surface area (Å²) >= 11 is 5.19. The summed E-state index contributed by atoms with van der Waals surface area (Å²) in [7, 11) is 0. The summed E-state index contributed by atoms with van der Waals surface area (Å²) in [6.45, 7) is 0. The number of carbonyl (C=O) groups excluding carboxylic acids is 1. The van der Waals surface area contributed by atoms with Crippen LogP contribution in [0.2, 0.25) is 0 Å². The first-order valence-corrected chi connectivity index (χ1v) is 4.42. The van der Waals surface area contributed by atoms with Gasteiger partial charge in [0.2, 0.25) is 0 Å². The monoisotopic (exact) mass is 224 g/mol. The van der Waals surface area contributed by atoms with Crippen LogP contribution in [0.4, 0.5) is 0 Å². The van der Waals surface area contributed by atoms with E-state index in [-0.39, 0.29) is 11.3 Å². The van der Waals surface area contributed by atoms with E-state index in [1.165, 1.54) is 24.3 Å². The number of halogens is 1. The lowest BCUT2D eigenvalue weighted by Crippen LogP contribution is -2.09. The number of hydrogen-bond acceptors (Lipinski definition) is 4. The summed E-state index contributed by atoms with van der Waals surface area (Å²) in [6.07, 6.45) is 0. The van der Waals surface area contributed by atoms with Crippen LogP contribution in [-0.4, -0.2) is 10.3 Å². The number of phenolic OH excluding ortho intramolecular Hbond substituents is 1. The Labute approximate surface area is 88.7 Å². The molecule has 0 aliphatic rings. The molecule has 2 aromatic rings. The fourth-order valence-electron chi connectivity index (χ4n) is 1.25. The van der Waals surface area contributed by atoms with Crippen molar-refractivity contribution in [3.05, 3.63) is 40.2 Å². The maximum atomic E-state index is 11.2. The van der Waals surface area contributed by atoms with Gasteiger partial charge < -0.3 is 9.52 Å². The van der Waals surface area contributed by atoms with Gasteiger partial charge >= 0.3 is 5.63 Å². The largest absolute Gasteiger partial charge is 0.508 e. The molecule has 1 N–H and O–H groups in total. The molecule has 0 amide bonds. The van der Waals surface area contributed by atoms with Crippen LogP contribution in [0.25, 0.3) is 11.0 Å². The van der Waals surface area contributed by atoms with Gasteiger partial charge in [0.15, 0.2) is 0 Å². The lowest BCUT2D eigenvalue weighted by Gasteiger charge is -1.98. The Kier molecular flexibility index (Phi) is 2.21. The number of benzene rings is 1. The van der Waals surface area contributed by atoms with Gasteiger partial charge in [0.05, 0.1) is 0 Å². The zero-order chi connectivity index (χ0) is 11.0. The molecule has 0 fully saturated rings. The molecule has 0 saturated carbocycles. The lowest BCUT2D eigenvalue weighted by atomic mass is 10.2. The Hall–Kier alpha value is -1.81. The maximum Gasteiger partial charge on any atom is 0.348 e. The predicted octanol–water partition coefficient (Wildman–Crippen LogP) is 1.88. The lowest BCUT2D eigenvalue weighted by molar-refractivity contribution is 0.107. The van der Waals surface area contributed by atoms with Gasteiger partial charge in [-0.25, -0.2) is 4.79 Å². The van der Waals surface area contributed by atoms with Crippen molar-refractivity contribution in [2.75, 3.05) is 0 Å². The van der Waals surface area contributed by atoms with Crippen LogP contribution in [0.1, 0.15) is 10.4 Å². The predicted molar refractivity (Wildman–Crippen MR) is 54.3 cm³/mol. The summed E-state index contributed by atoms with van der Waals surface area (Å²) in [6, 6.07) is 5.49. The molecule has 5 heteroatoms. The van der Waals surface area contributed by atoms with Crippen LogP contribution in [0, 0.1) is 0 Å². The average Bonchev–Trinajstić information content (AvgIpc) is 2.17. The van der Waals surface area contributed by atoms with Gasteiger partial charge in [-0.05, 0) is 35.9 Å². The van der Waals surface area contributed by atoms with Gasteiger partial charge in [-0.1, -0.05) is 0 Å². The number of rotatable bonds is 1. The van der Waals surface area contributed by atoms with Crippen molar-refractivity contribution in [1.82, 2.24) is 0 Å². The van der Waals surface area contributed by atoms with Crippen molar-refractivity contribution in [3.8, 4) is 5.75 Å². The Balaban J connectivity index is 2.83. The van der Waals surface area contributed by atoms with Crippen LogP contribution in [0.5, 0.6) is 5.75 Å². The first-order chi connectivity index (χ1) is 7.08. The standard InChI is InChI=1S/C10H5ClO4/c11-9(13)7-4-5-3-6(12)1-2-8(5)15-10(7)14/h1-4,12H. The minimum atomic E-state index is -0.881. The Morgan fingerprint density at radius 1 is 1.33 bits per heavy atom. The third-order valence-electron chi connectivity index (χ3n) is 1.93. The second-order valence-electron chi connectivity index (χ2n) is 2.94. The molecule has 0 aliphatic carbocycles. The van der Waals surface area contributed by atoms with Crippen molar-refractivity contribution >= 4 is 27.8 Å². The molecular formula is C10H5ClO4. The number of fused-ring (bicyclic) bond motifs is 1. The second-order valence-corrected chi connectivity index (χ2v) is 3.29. The Bertz CT molecular complexity index is 600. The molecule has 0 atom stereocenters. The molecule has 15 heavy (non-hydrogen) atoms. The van der Waals surface area contributed by atoms with E-state index in [9.17, 15) is 14.7 Å². The van der Waals surface area contributed by atoms with E-state index in [1.54, 1.807) is 0 Å². The van der Waals surface area contributed by atoms with E-state index >= 15 is 0 Å². The summed E-state index contributed by atoms with van der Waals surface area (Å²) in [5.74, 6) is 0.0179. The normalized spacial score (nSPS) is 10.5. The number of hydrogen-bond donors (Lipinski definition) is 1. The fraction of sp³-hybridized carbons (Fsp3) is 0. The highest BCUT2D eigenvalue weighted by molar-refractivity contribution is 6.67. The number of carbonyl (C=O) groups is 1. The van der Waals surface area contributed by atoms with E-state index in [0.717, 1.165) is 0 Å². The first kappa shape index (κ1) is 9.73. The van der Waals surface area contributed by atoms with E-state index in [1.807, 2.05) is 0 Å². The van der Waals surface area contributed by atoms with Gasteiger partial charge in [-0.2, -0.15) is 0 Å². The first-order valence-electron chi connectivity index (χ1n) is 4.04. The molecule has 1 aromatic heterocycles. The molecule has 0 saturated heterocycles. The molecule has 0 unspecified atom stereocenters. The van der Waals surface area contributed by atoms with E-state index < -0.39 is 10.9 Å². The molecule has 0 spiro atoms. The second kappa shape index (κ2) is 3.40. The van der Waals surface area contributed by atoms with Crippen LogP contribution < -0.4 is 5.63 Å². The summed E-state index contributed by atoms with van der Waals surface area (Å²) in [5.41, 5.74) is -0.734.